The molecule has 1 aromatic heterocycles. The third-order valence-electron chi connectivity index (χ3n) is 6.45. The molecule has 1 saturated carbocycles. The monoisotopic (exact) mass is 503 g/mol. The Kier molecular flexibility index (Phi) is 9.46. The maximum Gasteiger partial charge on any atom is 0.248 e. The molecule has 1 heterocycles. The smallest absolute Gasteiger partial charge is 0.248 e. The van der Waals surface area contributed by atoms with Crippen molar-refractivity contribution in [3.05, 3.63) is 66.4 Å². The number of carbonyl (C=O) groups is 1. The van der Waals surface area contributed by atoms with Gasteiger partial charge in [0.05, 0.1) is 30.5 Å². The van der Waals surface area contributed by atoms with Crippen LogP contribution in [0.25, 0.3) is 10.9 Å². The van der Waals surface area contributed by atoms with Crippen molar-refractivity contribution in [3.8, 4) is 5.75 Å². The average Bonchev–Trinajstić information content (AvgIpc) is 3.74. The van der Waals surface area contributed by atoms with E-state index >= 15 is 0 Å². The second kappa shape index (κ2) is 13.2. The molecule has 37 heavy (non-hydrogen) atoms. The minimum Gasteiger partial charge on any atom is -0.491 e. The highest BCUT2D eigenvalue weighted by Gasteiger charge is 2.23. The van der Waals surface area contributed by atoms with Crippen LogP contribution >= 0.6 is 0 Å². The summed E-state index contributed by atoms with van der Waals surface area (Å²) in [5.74, 6) is 1.55. The third kappa shape index (κ3) is 8.00. The van der Waals surface area contributed by atoms with E-state index in [2.05, 4.69) is 46.5 Å². The molecular weight excluding hydrogens is 466 g/mol. The molecule has 196 valence electrons. The average molecular weight is 504 g/mol. The Morgan fingerprint density at radius 2 is 2.05 bits per heavy atom. The fraction of sp³-hybridized carbons (Fsp3) is 0.414. The van der Waals surface area contributed by atoms with Gasteiger partial charge in [-0.05, 0) is 43.9 Å². The van der Waals surface area contributed by atoms with E-state index in [1.807, 2.05) is 36.4 Å². The van der Waals surface area contributed by atoms with E-state index in [1.165, 1.54) is 12.8 Å². The van der Waals surface area contributed by atoms with Crippen molar-refractivity contribution >= 4 is 28.4 Å². The first-order chi connectivity index (χ1) is 18.1. The molecule has 3 aromatic rings. The van der Waals surface area contributed by atoms with E-state index in [9.17, 15) is 4.79 Å². The SMILES string of the molecule is CCN(CC=CC(=O)Nc1cc2cnc(N[C@H](C)c3ccccc3)nc2cc1OCC1CC1)CCOC. The lowest BCUT2D eigenvalue weighted by Gasteiger charge is -2.17. The number of benzene rings is 2. The summed E-state index contributed by atoms with van der Waals surface area (Å²) in [6.45, 7) is 7.86. The first kappa shape index (κ1) is 26.6. The predicted octanol–water partition coefficient (Wildman–Crippen LogP) is 5.05. The molecule has 0 radical (unpaired) electrons. The van der Waals surface area contributed by atoms with Gasteiger partial charge in [0.2, 0.25) is 11.9 Å². The van der Waals surface area contributed by atoms with Crippen LogP contribution in [0.4, 0.5) is 11.6 Å². The Balaban J connectivity index is 1.48. The molecule has 0 aliphatic heterocycles. The third-order valence-corrected chi connectivity index (χ3v) is 6.45. The van der Waals surface area contributed by atoms with E-state index in [-0.39, 0.29) is 11.9 Å². The van der Waals surface area contributed by atoms with Crippen LogP contribution in [-0.2, 0) is 9.53 Å². The van der Waals surface area contributed by atoms with Gasteiger partial charge in [0.1, 0.15) is 5.75 Å². The molecule has 2 N–H and O–H groups in total. The van der Waals surface area contributed by atoms with Gasteiger partial charge in [-0.1, -0.05) is 43.3 Å². The van der Waals surface area contributed by atoms with Crippen molar-refractivity contribution in [1.82, 2.24) is 14.9 Å². The highest BCUT2D eigenvalue weighted by atomic mass is 16.5. The standard InChI is InChI=1S/C29H37N5O3/c1-4-34(15-16-36-3)14-8-11-28(35)32-26-17-24-19-30-29(31-21(2)23-9-6-5-7-10-23)33-25(24)18-27(26)37-20-22-12-13-22/h5-11,17-19,21-22H,4,12-16,20H2,1-3H3,(H,32,35)(H,30,31,33)/t21-/m1/s1. The van der Waals surface area contributed by atoms with Crippen LogP contribution in [0, 0.1) is 5.92 Å². The number of amides is 1. The van der Waals surface area contributed by atoms with E-state index in [4.69, 9.17) is 14.5 Å². The molecule has 1 fully saturated rings. The number of hydrogen-bond donors (Lipinski definition) is 2. The highest BCUT2D eigenvalue weighted by Crippen LogP contribution is 2.34. The minimum atomic E-state index is -0.200. The Morgan fingerprint density at radius 3 is 2.78 bits per heavy atom. The second-order valence-corrected chi connectivity index (χ2v) is 9.41. The maximum absolute atomic E-state index is 12.7. The summed E-state index contributed by atoms with van der Waals surface area (Å²) in [6, 6.07) is 14.0. The zero-order valence-corrected chi connectivity index (χ0v) is 21.9. The molecule has 4 rings (SSSR count). The summed E-state index contributed by atoms with van der Waals surface area (Å²) >= 11 is 0. The van der Waals surface area contributed by atoms with Crippen LogP contribution < -0.4 is 15.4 Å². The summed E-state index contributed by atoms with van der Waals surface area (Å²) in [6.07, 6.45) is 7.58. The molecule has 0 bridgehead atoms. The Labute approximate surface area is 219 Å². The fourth-order valence-electron chi connectivity index (χ4n) is 3.94. The van der Waals surface area contributed by atoms with Crippen molar-refractivity contribution in [1.29, 1.82) is 0 Å². The fourth-order valence-corrected chi connectivity index (χ4v) is 3.94. The summed E-state index contributed by atoms with van der Waals surface area (Å²) < 4.78 is 11.3. The predicted molar refractivity (Wildman–Crippen MR) is 148 cm³/mol. The summed E-state index contributed by atoms with van der Waals surface area (Å²) in [7, 11) is 1.69. The van der Waals surface area contributed by atoms with Gasteiger partial charge in [-0.15, -0.1) is 0 Å². The molecule has 1 aliphatic rings. The van der Waals surface area contributed by atoms with Gasteiger partial charge in [0.15, 0.2) is 0 Å². The zero-order chi connectivity index (χ0) is 26.0. The number of nitrogens with one attached hydrogen (secondary N) is 2. The number of anilines is 2. The van der Waals surface area contributed by atoms with Gasteiger partial charge in [-0.2, -0.15) is 0 Å². The van der Waals surface area contributed by atoms with Gasteiger partial charge in [-0.3, -0.25) is 9.69 Å². The van der Waals surface area contributed by atoms with E-state index in [0.717, 1.165) is 29.6 Å². The quantitative estimate of drug-likeness (QED) is 0.298. The van der Waals surface area contributed by atoms with Crippen molar-refractivity contribution in [2.45, 2.75) is 32.7 Å². The first-order valence-electron chi connectivity index (χ1n) is 13.0. The first-order valence-corrected chi connectivity index (χ1v) is 13.0. The lowest BCUT2D eigenvalue weighted by molar-refractivity contribution is -0.111. The van der Waals surface area contributed by atoms with Gasteiger partial charge >= 0.3 is 0 Å². The lowest BCUT2D eigenvalue weighted by atomic mass is 10.1. The van der Waals surface area contributed by atoms with E-state index in [1.54, 1.807) is 19.4 Å². The molecule has 0 saturated heterocycles. The topological polar surface area (TPSA) is 88.6 Å². The van der Waals surface area contributed by atoms with Crippen LogP contribution in [0.3, 0.4) is 0 Å². The van der Waals surface area contributed by atoms with Crippen LogP contribution in [0.15, 0.2) is 60.8 Å². The second-order valence-electron chi connectivity index (χ2n) is 9.41. The number of fused-ring (bicyclic) bond motifs is 1. The number of carbonyl (C=O) groups excluding carboxylic acids is 1. The number of ether oxygens (including phenoxy) is 2. The zero-order valence-electron chi connectivity index (χ0n) is 21.9. The minimum absolute atomic E-state index is 0.0627. The Bertz CT molecular complexity index is 1200. The van der Waals surface area contributed by atoms with Gasteiger partial charge in [0.25, 0.3) is 0 Å². The molecule has 0 spiro atoms. The number of rotatable bonds is 14. The van der Waals surface area contributed by atoms with E-state index < -0.39 is 0 Å². The molecule has 8 heteroatoms. The highest BCUT2D eigenvalue weighted by molar-refractivity contribution is 6.02. The number of methoxy groups -OCH3 is 1. The van der Waals surface area contributed by atoms with Gasteiger partial charge in [-0.25, -0.2) is 9.97 Å². The van der Waals surface area contributed by atoms with Crippen LogP contribution in [0.5, 0.6) is 5.75 Å². The lowest BCUT2D eigenvalue weighted by Crippen LogP contribution is -2.27. The van der Waals surface area contributed by atoms with Gasteiger partial charge in [0, 0.05) is 43.9 Å². The number of likely N-dealkylation sites (N-methyl/N-ethyl adjacent to an activating group) is 1. The molecule has 1 atom stereocenters. The van der Waals surface area contributed by atoms with Gasteiger partial charge < -0.3 is 20.1 Å². The molecular formula is C29H37N5O3. The summed E-state index contributed by atoms with van der Waals surface area (Å²) in [5, 5.41) is 7.18. The molecule has 1 aliphatic carbocycles. The largest absolute Gasteiger partial charge is 0.491 e. The van der Waals surface area contributed by atoms with E-state index in [0.29, 0.717) is 43.1 Å². The number of nitrogens with zero attached hydrogens (tertiary/aromatic N) is 3. The van der Waals surface area contributed by atoms with Crippen LogP contribution in [-0.4, -0.2) is 60.7 Å². The number of hydrogen-bond acceptors (Lipinski definition) is 7. The molecule has 1 amide bonds. The summed E-state index contributed by atoms with van der Waals surface area (Å²) in [4.78, 5) is 24.1. The van der Waals surface area contributed by atoms with Crippen molar-refractivity contribution in [2.24, 2.45) is 5.92 Å². The summed E-state index contributed by atoms with van der Waals surface area (Å²) in [5.41, 5.74) is 2.54. The maximum atomic E-state index is 12.7. The van der Waals surface area contributed by atoms with Crippen LogP contribution in [0.2, 0.25) is 0 Å². The van der Waals surface area contributed by atoms with Crippen molar-refractivity contribution in [3.63, 3.8) is 0 Å². The van der Waals surface area contributed by atoms with Crippen LogP contribution in [0.1, 0.15) is 38.3 Å². The molecule has 2 aromatic carbocycles. The normalized spacial score (nSPS) is 14.3. The van der Waals surface area contributed by atoms with Crippen molar-refractivity contribution < 1.29 is 14.3 Å². The van der Waals surface area contributed by atoms with Crippen molar-refractivity contribution in [2.75, 3.05) is 50.6 Å². The Hall–Kier alpha value is -3.49. The molecule has 0 unspecified atom stereocenters. The Morgan fingerprint density at radius 1 is 1.24 bits per heavy atom. The number of aromatic nitrogens is 2. The molecule has 8 nitrogen and oxygen atoms in total.